The molecule has 7 heteroatoms. The Balaban J connectivity index is 1.98. The van der Waals surface area contributed by atoms with Crippen molar-refractivity contribution in [3.05, 3.63) is 53.1 Å². The van der Waals surface area contributed by atoms with Crippen LogP contribution in [0.15, 0.2) is 47.5 Å². The lowest BCUT2D eigenvalue weighted by Crippen LogP contribution is -2.19. The number of rotatable bonds is 3. The molecule has 120 valence electrons. The molecule has 0 atom stereocenters. The van der Waals surface area contributed by atoms with E-state index in [1.807, 2.05) is 0 Å². The predicted octanol–water partition coefficient (Wildman–Crippen LogP) is 3.01. The predicted molar refractivity (Wildman–Crippen MR) is 93.6 cm³/mol. The lowest BCUT2D eigenvalue weighted by molar-refractivity contribution is 0.414. The van der Waals surface area contributed by atoms with E-state index in [9.17, 15) is 4.79 Å². The van der Waals surface area contributed by atoms with Gasteiger partial charge in [0.15, 0.2) is 0 Å². The van der Waals surface area contributed by atoms with Crippen molar-refractivity contribution in [3.8, 4) is 17.2 Å². The molecule has 4 aromatic rings. The number of methoxy groups -OCH3 is 2. The molecule has 0 saturated heterocycles. The summed E-state index contributed by atoms with van der Waals surface area (Å²) >= 11 is 1.35. The first-order valence-electron chi connectivity index (χ1n) is 7.21. The van der Waals surface area contributed by atoms with Crippen LogP contribution < -0.4 is 15.0 Å². The lowest BCUT2D eigenvalue weighted by atomic mass is 10.2. The Morgan fingerprint density at radius 2 is 1.88 bits per heavy atom. The third kappa shape index (κ3) is 2.13. The fourth-order valence-corrected chi connectivity index (χ4v) is 3.70. The van der Waals surface area contributed by atoms with Crippen molar-refractivity contribution in [2.24, 2.45) is 0 Å². The normalized spacial score (nSPS) is 11.1. The SMILES string of the molecule is COc1ccc(-n2ncc3c(sc4nccc(OC)c43)c2=O)cc1. The first kappa shape index (κ1) is 14.6. The van der Waals surface area contributed by atoms with Gasteiger partial charge in [0.25, 0.3) is 5.56 Å². The average molecular weight is 339 g/mol. The molecule has 0 aliphatic rings. The van der Waals surface area contributed by atoms with E-state index in [1.54, 1.807) is 56.9 Å². The van der Waals surface area contributed by atoms with E-state index < -0.39 is 0 Å². The van der Waals surface area contributed by atoms with Crippen molar-refractivity contribution < 1.29 is 9.47 Å². The number of nitrogens with zero attached hydrogens (tertiary/aromatic N) is 3. The highest BCUT2D eigenvalue weighted by Gasteiger charge is 2.16. The van der Waals surface area contributed by atoms with Crippen LogP contribution >= 0.6 is 11.3 Å². The fraction of sp³-hybridized carbons (Fsp3) is 0.118. The second-order valence-electron chi connectivity index (χ2n) is 5.10. The number of thiophene rings is 1. The summed E-state index contributed by atoms with van der Waals surface area (Å²) in [7, 11) is 3.20. The van der Waals surface area contributed by atoms with Gasteiger partial charge in [-0.25, -0.2) is 4.98 Å². The minimum atomic E-state index is -0.178. The van der Waals surface area contributed by atoms with Crippen LogP contribution in [0.5, 0.6) is 11.5 Å². The molecule has 4 rings (SSSR count). The molecule has 0 spiro atoms. The summed E-state index contributed by atoms with van der Waals surface area (Å²) in [6.45, 7) is 0. The zero-order valence-corrected chi connectivity index (χ0v) is 13.8. The number of pyridine rings is 1. The molecular weight excluding hydrogens is 326 g/mol. The Morgan fingerprint density at radius 1 is 1.08 bits per heavy atom. The molecular formula is C17H13N3O3S. The van der Waals surface area contributed by atoms with Crippen molar-refractivity contribution >= 4 is 31.6 Å². The van der Waals surface area contributed by atoms with Gasteiger partial charge in [-0.3, -0.25) is 4.79 Å². The number of benzene rings is 1. The highest BCUT2D eigenvalue weighted by atomic mass is 32.1. The van der Waals surface area contributed by atoms with Crippen LogP contribution in [0.2, 0.25) is 0 Å². The van der Waals surface area contributed by atoms with E-state index in [0.717, 1.165) is 21.4 Å². The average Bonchev–Trinajstić information content (AvgIpc) is 3.02. The van der Waals surface area contributed by atoms with Crippen LogP contribution in [0.25, 0.3) is 26.0 Å². The van der Waals surface area contributed by atoms with Gasteiger partial charge in [-0.05, 0) is 30.3 Å². The van der Waals surface area contributed by atoms with Gasteiger partial charge in [0, 0.05) is 11.6 Å². The maximum absolute atomic E-state index is 12.9. The smallest absolute Gasteiger partial charge is 0.289 e. The topological polar surface area (TPSA) is 66.2 Å². The van der Waals surface area contributed by atoms with E-state index in [0.29, 0.717) is 16.1 Å². The highest BCUT2D eigenvalue weighted by Crippen LogP contribution is 2.35. The van der Waals surface area contributed by atoms with Gasteiger partial charge in [-0.1, -0.05) is 0 Å². The van der Waals surface area contributed by atoms with E-state index in [1.165, 1.54) is 16.0 Å². The Morgan fingerprint density at radius 3 is 2.58 bits per heavy atom. The Kier molecular flexibility index (Phi) is 3.42. The van der Waals surface area contributed by atoms with Gasteiger partial charge < -0.3 is 9.47 Å². The molecule has 1 aromatic carbocycles. The highest BCUT2D eigenvalue weighted by molar-refractivity contribution is 7.25. The summed E-state index contributed by atoms with van der Waals surface area (Å²) in [6.07, 6.45) is 3.36. The van der Waals surface area contributed by atoms with Crippen LogP contribution in [0.4, 0.5) is 0 Å². The molecule has 0 saturated carbocycles. The third-order valence-electron chi connectivity index (χ3n) is 3.82. The largest absolute Gasteiger partial charge is 0.497 e. The van der Waals surface area contributed by atoms with Crippen LogP contribution in [-0.2, 0) is 0 Å². The molecule has 0 unspecified atom stereocenters. The molecule has 3 aromatic heterocycles. The molecule has 0 N–H and O–H groups in total. The minimum Gasteiger partial charge on any atom is -0.497 e. The number of hydrogen-bond acceptors (Lipinski definition) is 6. The van der Waals surface area contributed by atoms with Crippen molar-refractivity contribution in [2.45, 2.75) is 0 Å². The van der Waals surface area contributed by atoms with Crippen molar-refractivity contribution in [2.75, 3.05) is 14.2 Å². The molecule has 0 aliphatic carbocycles. The second-order valence-corrected chi connectivity index (χ2v) is 6.10. The third-order valence-corrected chi connectivity index (χ3v) is 4.92. The summed E-state index contributed by atoms with van der Waals surface area (Å²) in [6, 6.07) is 8.96. The standard InChI is InChI=1S/C17H13N3O3S/c1-22-11-5-3-10(4-6-11)20-17(21)15-12(9-19-20)14-13(23-2)7-8-18-16(14)24-15/h3-9H,1-2H3. The number of fused-ring (bicyclic) bond motifs is 3. The summed E-state index contributed by atoms with van der Waals surface area (Å²) in [4.78, 5) is 18.0. The first-order valence-corrected chi connectivity index (χ1v) is 8.02. The van der Waals surface area contributed by atoms with Crippen LogP contribution in [-0.4, -0.2) is 29.0 Å². The van der Waals surface area contributed by atoms with E-state index in [-0.39, 0.29) is 5.56 Å². The summed E-state index contributed by atoms with van der Waals surface area (Å²) in [5.74, 6) is 1.42. The van der Waals surface area contributed by atoms with E-state index in [4.69, 9.17) is 9.47 Å². The monoisotopic (exact) mass is 339 g/mol. The van der Waals surface area contributed by atoms with Crippen molar-refractivity contribution in [1.29, 1.82) is 0 Å². The maximum Gasteiger partial charge on any atom is 0.289 e. The molecule has 3 heterocycles. The molecule has 24 heavy (non-hydrogen) atoms. The summed E-state index contributed by atoms with van der Waals surface area (Å²) in [5, 5.41) is 5.90. The van der Waals surface area contributed by atoms with Gasteiger partial charge in [0.2, 0.25) is 0 Å². The van der Waals surface area contributed by atoms with Crippen LogP contribution in [0, 0.1) is 0 Å². The zero-order valence-electron chi connectivity index (χ0n) is 13.0. The Labute approximate surface area is 140 Å². The van der Waals surface area contributed by atoms with Gasteiger partial charge in [-0.2, -0.15) is 9.78 Å². The van der Waals surface area contributed by atoms with Gasteiger partial charge in [0.1, 0.15) is 21.0 Å². The quantitative estimate of drug-likeness (QED) is 0.574. The van der Waals surface area contributed by atoms with E-state index >= 15 is 0 Å². The molecule has 0 radical (unpaired) electrons. The van der Waals surface area contributed by atoms with E-state index in [2.05, 4.69) is 10.1 Å². The molecule has 0 fully saturated rings. The zero-order chi connectivity index (χ0) is 16.7. The number of aromatic nitrogens is 3. The number of ether oxygens (including phenoxy) is 2. The number of hydrogen-bond donors (Lipinski definition) is 0. The summed E-state index contributed by atoms with van der Waals surface area (Å²) in [5.41, 5.74) is 0.503. The fourth-order valence-electron chi connectivity index (χ4n) is 2.64. The summed E-state index contributed by atoms with van der Waals surface area (Å²) < 4.78 is 12.5. The van der Waals surface area contributed by atoms with Crippen LogP contribution in [0.3, 0.4) is 0 Å². The van der Waals surface area contributed by atoms with Crippen molar-refractivity contribution in [3.63, 3.8) is 0 Å². The van der Waals surface area contributed by atoms with Gasteiger partial charge in [-0.15, -0.1) is 11.3 Å². The molecule has 0 bridgehead atoms. The van der Waals surface area contributed by atoms with Crippen LogP contribution in [0.1, 0.15) is 0 Å². The second kappa shape index (κ2) is 5.61. The Hall–Kier alpha value is -2.93. The molecule has 6 nitrogen and oxygen atoms in total. The first-order chi connectivity index (χ1) is 11.7. The minimum absolute atomic E-state index is 0.178. The van der Waals surface area contributed by atoms with Gasteiger partial charge >= 0.3 is 0 Å². The van der Waals surface area contributed by atoms with Crippen molar-refractivity contribution in [1.82, 2.24) is 14.8 Å². The maximum atomic E-state index is 12.9. The lowest BCUT2D eigenvalue weighted by Gasteiger charge is -2.06. The molecule has 0 aliphatic heterocycles. The molecule has 0 amide bonds. The Bertz CT molecular complexity index is 1100. The van der Waals surface area contributed by atoms with Gasteiger partial charge in [0.05, 0.1) is 31.5 Å².